The smallest absolute Gasteiger partial charge is 0.352 e. The summed E-state index contributed by atoms with van der Waals surface area (Å²) in [4.78, 5) is 24.0. The van der Waals surface area contributed by atoms with Gasteiger partial charge < -0.3 is 4.74 Å². The largest absolute Gasteiger partial charge is 0.460 e. The lowest BCUT2D eigenvalue weighted by Gasteiger charge is -2.20. The molecular weight excluding hydrogens is 247 g/mol. The average molecular weight is 264 g/mol. The number of hydrogen-bond donors (Lipinski definition) is 0. The first-order valence-electron chi connectivity index (χ1n) is 6.55. The molecule has 1 aromatic rings. The fraction of sp³-hybridized carbons (Fsp3) is 0.467. The van der Waals surface area contributed by atoms with Gasteiger partial charge in [0.1, 0.15) is 6.10 Å². The van der Waals surface area contributed by atoms with Crippen LogP contribution in [0.2, 0.25) is 0 Å². The van der Waals surface area contributed by atoms with E-state index in [1.807, 2.05) is 13.8 Å². The molecule has 1 aliphatic carbocycles. The summed E-state index contributed by atoms with van der Waals surface area (Å²) in [5, 5.41) is 0. The molecule has 0 fully saturated rings. The maximum absolute atomic E-state index is 14.7. The van der Waals surface area contributed by atoms with E-state index in [1.54, 1.807) is 24.3 Å². The Hall–Kier alpha value is -1.71. The van der Waals surface area contributed by atoms with Crippen LogP contribution >= 0.6 is 0 Å². The number of hydrogen-bond acceptors (Lipinski definition) is 3. The Balaban J connectivity index is 2.22. The number of alkyl halides is 1. The number of fused-ring (bicyclic) bond motifs is 1. The van der Waals surface area contributed by atoms with Crippen molar-refractivity contribution < 1.29 is 18.7 Å². The Morgan fingerprint density at radius 1 is 1.37 bits per heavy atom. The van der Waals surface area contributed by atoms with Gasteiger partial charge >= 0.3 is 5.97 Å². The Labute approximate surface area is 111 Å². The molecule has 1 atom stereocenters. The van der Waals surface area contributed by atoms with Gasteiger partial charge in [-0.05, 0) is 18.4 Å². The highest BCUT2D eigenvalue weighted by atomic mass is 19.1. The van der Waals surface area contributed by atoms with Crippen LogP contribution in [-0.4, -0.2) is 23.5 Å². The molecule has 0 unspecified atom stereocenters. The summed E-state index contributed by atoms with van der Waals surface area (Å²) in [6, 6.07) is 6.60. The summed E-state index contributed by atoms with van der Waals surface area (Å²) in [5.74, 6) is -1.83. The van der Waals surface area contributed by atoms with Crippen LogP contribution in [-0.2, 0) is 16.0 Å². The van der Waals surface area contributed by atoms with Gasteiger partial charge in [-0.15, -0.1) is 0 Å². The van der Waals surface area contributed by atoms with E-state index >= 15 is 0 Å². The van der Waals surface area contributed by atoms with Crippen molar-refractivity contribution in [3.8, 4) is 0 Å². The van der Waals surface area contributed by atoms with Gasteiger partial charge in [-0.3, -0.25) is 4.79 Å². The molecule has 0 spiro atoms. The maximum Gasteiger partial charge on any atom is 0.352 e. The molecule has 3 nitrogen and oxygen atoms in total. The maximum atomic E-state index is 14.7. The third-order valence-electron chi connectivity index (χ3n) is 3.56. The predicted octanol–water partition coefficient (Wildman–Crippen LogP) is 2.87. The van der Waals surface area contributed by atoms with E-state index in [1.165, 1.54) is 0 Å². The molecule has 0 saturated heterocycles. The fourth-order valence-electron chi connectivity index (χ4n) is 2.32. The van der Waals surface area contributed by atoms with Crippen LogP contribution in [0.25, 0.3) is 0 Å². The first-order chi connectivity index (χ1) is 9.02. The van der Waals surface area contributed by atoms with E-state index < -0.39 is 17.4 Å². The molecule has 0 amide bonds. The molecule has 19 heavy (non-hydrogen) atoms. The minimum atomic E-state index is -2.55. The summed E-state index contributed by atoms with van der Waals surface area (Å²) in [6.45, 7) is 3.72. The third kappa shape index (κ3) is 2.27. The lowest BCUT2D eigenvalue weighted by Crippen LogP contribution is -2.43. The quantitative estimate of drug-likeness (QED) is 0.620. The zero-order chi connectivity index (χ0) is 14.0. The van der Waals surface area contributed by atoms with Gasteiger partial charge in [-0.25, -0.2) is 9.18 Å². The molecule has 102 valence electrons. The summed E-state index contributed by atoms with van der Waals surface area (Å²) in [7, 11) is 0. The summed E-state index contributed by atoms with van der Waals surface area (Å²) >= 11 is 0. The normalized spacial score (nSPS) is 21.6. The van der Waals surface area contributed by atoms with Crippen molar-refractivity contribution in [3.63, 3.8) is 0 Å². The van der Waals surface area contributed by atoms with E-state index in [0.29, 0.717) is 18.4 Å². The van der Waals surface area contributed by atoms with Crippen LogP contribution in [0, 0.1) is 0 Å². The minimum Gasteiger partial charge on any atom is -0.460 e. The minimum absolute atomic E-state index is 0.221. The number of rotatable bonds is 4. The van der Waals surface area contributed by atoms with Crippen LogP contribution in [0.1, 0.15) is 42.6 Å². The molecule has 1 aromatic carbocycles. The van der Waals surface area contributed by atoms with Gasteiger partial charge in [0.15, 0.2) is 0 Å². The summed E-state index contributed by atoms with van der Waals surface area (Å²) in [5.41, 5.74) is -1.70. The lowest BCUT2D eigenvalue weighted by molar-refractivity contribution is -0.159. The van der Waals surface area contributed by atoms with E-state index in [0.717, 1.165) is 0 Å². The second-order valence-corrected chi connectivity index (χ2v) is 4.81. The first-order valence-corrected chi connectivity index (χ1v) is 6.55. The highest BCUT2D eigenvalue weighted by Gasteiger charge is 2.54. The van der Waals surface area contributed by atoms with Crippen molar-refractivity contribution in [2.24, 2.45) is 0 Å². The third-order valence-corrected chi connectivity index (χ3v) is 3.56. The van der Waals surface area contributed by atoms with Gasteiger partial charge in [0.25, 0.3) is 5.67 Å². The Morgan fingerprint density at radius 2 is 2.00 bits per heavy atom. The van der Waals surface area contributed by atoms with Gasteiger partial charge in [-0.1, -0.05) is 38.1 Å². The van der Waals surface area contributed by atoms with E-state index in [9.17, 15) is 14.0 Å². The number of carbonyl (C=O) groups excluding carboxylic acids is 2. The topological polar surface area (TPSA) is 43.4 Å². The van der Waals surface area contributed by atoms with Gasteiger partial charge in [-0.2, -0.15) is 0 Å². The zero-order valence-corrected chi connectivity index (χ0v) is 11.1. The predicted molar refractivity (Wildman–Crippen MR) is 68.8 cm³/mol. The SMILES string of the molecule is CCC(CC)OC(=O)[C@@]1(F)Cc2ccccc2C1=O. The van der Waals surface area contributed by atoms with Crippen molar-refractivity contribution in [2.45, 2.75) is 44.9 Å². The molecule has 2 rings (SSSR count). The number of Topliss-reactive ketones (excluding diaryl/α,β-unsaturated/α-hetero) is 1. The van der Waals surface area contributed by atoms with Crippen molar-refractivity contribution >= 4 is 11.8 Å². The van der Waals surface area contributed by atoms with Gasteiger partial charge in [0.2, 0.25) is 5.78 Å². The number of ether oxygens (including phenoxy) is 1. The van der Waals surface area contributed by atoms with E-state index in [4.69, 9.17) is 4.74 Å². The molecule has 0 radical (unpaired) electrons. The van der Waals surface area contributed by atoms with E-state index in [-0.39, 0.29) is 18.1 Å². The Kier molecular flexibility index (Phi) is 3.69. The van der Waals surface area contributed by atoms with E-state index in [2.05, 4.69) is 0 Å². The van der Waals surface area contributed by atoms with Crippen LogP contribution in [0.15, 0.2) is 24.3 Å². The summed E-state index contributed by atoms with van der Waals surface area (Å²) < 4.78 is 19.8. The number of benzene rings is 1. The number of halogens is 1. The Morgan fingerprint density at radius 3 is 2.58 bits per heavy atom. The molecule has 0 aliphatic heterocycles. The number of carbonyl (C=O) groups is 2. The average Bonchev–Trinajstić information content (AvgIpc) is 2.69. The molecule has 0 saturated carbocycles. The number of esters is 1. The second-order valence-electron chi connectivity index (χ2n) is 4.81. The summed E-state index contributed by atoms with van der Waals surface area (Å²) in [6.07, 6.45) is 0.663. The van der Waals surface area contributed by atoms with Gasteiger partial charge in [0, 0.05) is 12.0 Å². The molecule has 4 heteroatoms. The lowest BCUT2D eigenvalue weighted by atomic mass is 10.0. The highest BCUT2D eigenvalue weighted by molar-refractivity contribution is 6.18. The highest BCUT2D eigenvalue weighted by Crippen LogP contribution is 2.34. The monoisotopic (exact) mass is 264 g/mol. The van der Waals surface area contributed by atoms with Crippen molar-refractivity contribution in [3.05, 3.63) is 35.4 Å². The standard InChI is InChI=1S/C15H17FO3/c1-3-11(4-2)19-14(18)15(16)9-10-7-5-6-8-12(10)13(15)17/h5-8,11H,3-4,9H2,1-2H3/t15-/m1/s1. The van der Waals surface area contributed by atoms with Crippen molar-refractivity contribution in [1.82, 2.24) is 0 Å². The molecule has 0 bridgehead atoms. The van der Waals surface area contributed by atoms with Crippen LogP contribution in [0.5, 0.6) is 0 Å². The molecule has 0 aromatic heterocycles. The Bertz CT molecular complexity index is 508. The molecule has 0 heterocycles. The van der Waals surface area contributed by atoms with Crippen LogP contribution in [0.3, 0.4) is 0 Å². The molecule has 1 aliphatic rings. The van der Waals surface area contributed by atoms with Gasteiger partial charge in [0.05, 0.1) is 0 Å². The first kappa shape index (κ1) is 13.7. The number of ketones is 1. The second kappa shape index (κ2) is 5.11. The fourth-order valence-corrected chi connectivity index (χ4v) is 2.32. The molecular formula is C15H17FO3. The zero-order valence-electron chi connectivity index (χ0n) is 11.1. The van der Waals surface area contributed by atoms with Crippen LogP contribution in [0.4, 0.5) is 4.39 Å². The van der Waals surface area contributed by atoms with Crippen LogP contribution < -0.4 is 0 Å². The molecule has 0 N–H and O–H groups in total. The van der Waals surface area contributed by atoms with Crippen molar-refractivity contribution in [2.75, 3.05) is 0 Å². The van der Waals surface area contributed by atoms with Crippen molar-refractivity contribution in [1.29, 1.82) is 0 Å².